The van der Waals surface area contributed by atoms with Crippen LogP contribution in [0.4, 0.5) is 4.39 Å². The second kappa shape index (κ2) is 7.27. The molecule has 0 bridgehead atoms. The van der Waals surface area contributed by atoms with Gasteiger partial charge in [-0.3, -0.25) is 0 Å². The number of ether oxygens (including phenoxy) is 1. The zero-order valence-electron chi connectivity index (χ0n) is 13.6. The van der Waals surface area contributed by atoms with Crippen LogP contribution in [0, 0.1) is 12.7 Å². The third-order valence-electron chi connectivity index (χ3n) is 3.64. The quantitative estimate of drug-likeness (QED) is 0.725. The maximum absolute atomic E-state index is 13.1. The van der Waals surface area contributed by atoms with Crippen LogP contribution in [0.2, 0.25) is 0 Å². The summed E-state index contributed by atoms with van der Waals surface area (Å²) >= 11 is 0. The molecule has 0 saturated carbocycles. The van der Waals surface area contributed by atoms with Crippen LogP contribution in [0.5, 0.6) is 0 Å². The maximum Gasteiger partial charge on any atom is 0.342 e. The number of aliphatic hydroxyl groups excluding tert-OH is 1. The zero-order valence-corrected chi connectivity index (χ0v) is 13.6. The number of halogens is 1. The number of carbonyl (C=O) groups is 1. The standard InChI is InChI=1S/C19H17FN2O3/c1-13-3-2-4-14(11-13)18-17(19(24)25-10-9-23)12-22(21-18)16-7-5-15(20)6-8-16/h2-8,11-12,23H,9-10H2,1H3. The van der Waals surface area contributed by atoms with Gasteiger partial charge >= 0.3 is 5.97 Å². The minimum absolute atomic E-state index is 0.0895. The number of hydrogen-bond acceptors (Lipinski definition) is 4. The van der Waals surface area contributed by atoms with Gasteiger partial charge in [0.1, 0.15) is 23.7 Å². The summed E-state index contributed by atoms with van der Waals surface area (Å²) in [5.41, 5.74) is 3.18. The number of benzene rings is 2. The van der Waals surface area contributed by atoms with Gasteiger partial charge in [0.15, 0.2) is 0 Å². The first kappa shape index (κ1) is 16.9. The first-order valence-electron chi connectivity index (χ1n) is 7.79. The molecule has 0 saturated heterocycles. The van der Waals surface area contributed by atoms with E-state index in [1.54, 1.807) is 18.3 Å². The van der Waals surface area contributed by atoms with E-state index in [1.165, 1.54) is 16.8 Å². The van der Waals surface area contributed by atoms with Crippen LogP contribution >= 0.6 is 0 Å². The number of aromatic nitrogens is 2. The molecule has 0 fully saturated rings. The maximum atomic E-state index is 13.1. The highest BCUT2D eigenvalue weighted by Gasteiger charge is 2.20. The molecular formula is C19H17FN2O3. The fourth-order valence-corrected chi connectivity index (χ4v) is 2.47. The normalized spacial score (nSPS) is 10.7. The van der Waals surface area contributed by atoms with Gasteiger partial charge in [0, 0.05) is 11.8 Å². The molecule has 0 spiro atoms. The lowest BCUT2D eigenvalue weighted by Gasteiger charge is -2.04. The van der Waals surface area contributed by atoms with Crippen LogP contribution in [0.15, 0.2) is 54.7 Å². The molecule has 1 N–H and O–H groups in total. The summed E-state index contributed by atoms with van der Waals surface area (Å²) in [7, 11) is 0. The summed E-state index contributed by atoms with van der Waals surface area (Å²) in [6.07, 6.45) is 1.55. The summed E-state index contributed by atoms with van der Waals surface area (Å²) in [6, 6.07) is 13.4. The van der Waals surface area contributed by atoms with Crippen molar-refractivity contribution >= 4 is 5.97 Å². The van der Waals surface area contributed by atoms with E-state index in [0.29, 0.717) is 11.4 Å². The predicted molar refractivity (Wildman–Crippen MR) is 91.1 cm³/mol. The summed E-state index contributed by atoms with van der Waals surface area (Å²) in [5, 5.41) is 13.3. The van der Waals surface area contributed by atoms with Gasteiger partial charge in [-0.15, -0.1) is 0 Å². The fraction of sp³-hybridized carbons (Fsp3) is 0.158. The van der Waals surface area contributed by atoms with Gasteiger partial charge in [0.25, 0.3) is 0 Å². The first-order chi connectivity index (χ1) is 12.1. The third-order valence-corrected chi connectivity index (χ3v) is 3.64. The molecule has 1 heterocycles. The molecule has 128 valence electrons. The Labute approximate surface area is 144 Å². The highest BCUT2D eigenvalue weighted by Crippen LogP contribution is 2.25. The largest absolute Gasteiger partial charge is 0.460 e. The highest BCUT2D eigenvalue weighted by atomic mass is 19.1. The van der Waals surface area contributed by atoms with Gasteiger partial charge in [-0.05, 0) is 37.3 Å². The Morgan fingerprint density at radius 2 is 2.00 bits per heavy atom. The SMILES string of the molecule is Cc1cccc(-c2nn(-c3ccc(F)cc3)cc2C(=O)OCCO)c1. The number of hydrogen-bond donors (Lipinski definition) is 1. The lowest BCUT2D eigenvalue weighted by atomic mass is 10.1. The number of aliphatic hydroxyl groups is 1. The average molecular weight is 340 g/mol. The van der Waals surface area contributed by atoms with Crippen LogP contribution in [0.25, 0.3) is 16.9 Å². The molecule has 3 rings (SSSR count). The van der Waals surface area contributed by atoms with Crippen molar-refractivity contribution in [2.45, 2.75) is 6.92 Å². The van der Waals surface area contributed by atoms with Crippen molar-refractivity contribution in [1.29, 1.82) is 0 Å². The van der Waals surface area contributed by atoms with E-state index < -0.39 is 5.97 Å². The lowest BCUT2D eigenvalue weighted by Crippen LogP contribution is -2.09. The van der Waals surface area contributed by atoms with E-state index in [1.807, 2.05) is 31.2 Å². The third kappa shape index (κ3) is 3.75. The number of rotatable bonds is 5. The van der Waals surface area contributed by atoms with Gasteiger partial charge in [-0.25, -0.2) is 13.9 Å². The van der Waals surface area contributed by atoms with Crippen molar-refractivity contribution in [3.63, 3.8) is 0 Å². The van der Waals surface area contributed by atoms with Crippen molar-refractivity contribution in [1.82, 2.24) is 9.78 Å². The lowest BCUT2D eigenvalue weighted by molar-refractivity contribution is 0.0434. The molecular weight excluding hydrogens is 323 g/mol. The van der Waals surface area contributed by atoms with Gasteiger partial charge in [-0.1, -0.05) is 23.8 Å². The molecule has 3 aromatic rings. The highest BCUT2D eigenvalue weighted by molar-refractivity contribution is 5.96. The Morgan fingerprint density at radius 1 is 1.24 bits per heavy atom. The smallest absolute Gasteiger partial charge is 0.342 e. The Morgan fingerprint density at radius 3 is 2.68 bits per heavy atom. The van der Waals surface area contributed by atoms with Crippen LogP contribution in [-0.4, -0.2) is 34.1 Å². The van der Waals surface area contributed by atoms with E-state index >= 15 is 0 Å². The molecule has 0 aliphatic heterocycles. The average Bonchev–Trinajstić information content (AvgIpc) is 3.06. The molecule has 25 heavy (non-hydrogen) atoms. The van der Waals surface area contributed by atoms with Crippen molar-refractivity contribution < 1.29 is 19.0 Å². The molecule has 1 aromatic heterocycles. The van der Waals surface area contributed by atoms with Crippen LogP contribution < -0.4 is 0 Å². The number of carbonyl (C=O) groups excluding carboxylic acids is 1. The van der Waals surface area contributed by atoms with Crippen molar-refractivity contribution in [3.8, 4) is 16.9 Å². The van der Waals surface area contributed by atoms with Crippen molar-refractivity contribution in [2.75, 3.05) is 13.2 Å². The second-order valence-corrected chi connectivity index (χ2v) is 5.54. The minimum Gasteiger partial charge on any atom is -0.460 e. The minimum atomic E-state index is -0.570. The molecule has 0 atom stereocenters. The van der Waals surface area contributed by atoms with Crippen molar-refractivity contribution in [3.05, 3.63) is 71.7 Å². The molecule has 2 aromatic carbocycles. The van der Waals surface area contributed by atoms with Crippen molar-refractivity contribution in [2.24, 2.45) is 0 Å². The zero-order chi connectivity index (χ0) is 17.8. The molecule has 0 radical (unpaired) electrons. The monoisotopic (exact) mass is 340 g/mol. The Bertz CT molecular complexity index is 888. The Balaban J connectivity index is 2.07. The van der Waals surface area contributed by atoms with E-state index in [4.69, 9.17) is 9.84 Å². The second-order valence-electron chi connectivity index (χ2n) is 5.54. The number of aryl methyl sites for hydroxylation is 1. The van der Waals surface area contributed by atoms with Gasteiger partial charge in [0.2, 0.25) is 0 Å². The fourth-order valence-electron chi connectivity index (χ4n) is 2.47. The van der Waals surface area contributed by atoms with Crippen LogP contribution in [0.3, 0.4) is 0 Å². The summed E-state index contributed by atoms with van der Waals surface area (Å²) in [4.78, 5) is 12.3. The number of esters is 1. The molecule has 0 aliphatic carbocycles. The molecule has 0 amide bonds. The first-order valence-corrected chi connectivity index (χ1v) is 7.79. The van der Waals surface area contributed by atoms with E-state index in [0.717, 1.165) is 11.1 Å². The summed E-state index contributed by atoms with van der Waals surface area (Å²) in [5.74, 6) is -0.920. The predicted octanol–water partition coefficient (Wildman–Crippen LogP) is 3.14. The summed E-state index contributed by atoms with van der Waals surface area (Å²) < 4.78 is 19.7. The van der Waals surface area contributed by atoms with Crippen LogP contribution in [0.1, 0.15) is 15.9 Å². The molecule has 5 nitrogen and oxygen atoms in total. The van der Waals surface area contributed by atoms with E-state index in [9.17, 15) is 9.18 Å². The Hall–Kier alpha value is -2.99. The number of nitrogens with zero attached hydrogens (tertiary/aromatic N) is 2. The molecule has 0 unspecified atom stereocenters. The van der Waals surface area contributed by atoms with Gasteiger partial charge in [0.05, 0.1) is 12.3 Å². The Kier molecular flexibility index (Phi) is 4.90. The summed E-state index contributed by atoms with van der Waals surface area (Å²) in [6.45, 7) is 1.61. The molecule has 0 aliphatic rings. The molecule has 6 heteroatoms. The topological polar surface area (TPSA) is 64.4 Å². The van der Waals surface area contributed by atoms with E-state index in [-0.39, 0.29) is 24.6 Å². The van der Waals surface area contributed by atoms with Crippen LogP contribution in [-0.2, 0) is 4.74 Å². The van der Waals surface area contributed by atoms with E-state index in [2.05, 4.69) is 5.10 Å². The van der Waals surface area contributed by atoms with Gasteiger partial charge < -0.3 is 9.84 Å². The van der Waals surface area contributed by atoms with Gasteiger partial charge in [-0.2, -0.15) is 5.10 Å².